The fourth-order valence-electron chi connectivity index (χ4n) is 2.76. The number of aromatic nitrogens is 1. The summed E-state index contributed by atoms with van der Waals surface area (Å²) in [5, 5.41) is 10.2. The molecule has 0 atom stereocenters. The second-order valence-corrected chi connectivity index (χ2v) is 7.48. The third-order valence-electron chi connectivity index (χ3n) is 4.04. The number of thiocarbonyl (C=S) groups is 1. The second kappa shape index (κ2) is 6.94. The lowest BCUT2D eigenvalue weighted by molar-refractivity contribution is -0.113. The number of pyridine rings is 1. The molecule has 2 heterocycles. The van der Waals surface area contributed by atoms with Crippen LogP contribution in [0.3, 0.4) is 0 Å². The van der Waals surface area contributed by atoms with Gasteiger partial charge in [0.15, 0.2) is 4.32 Å². The van der Waals surface area contributed by atoms with Gasteiger partial charge in [-0.2, -0.15) is 0 Å². The third kappa shape index (κ3) is 3.34. The van der Waals surface area contributed by atoms with E-state index in [1.165, 1.54) is 28.8 Å². The van der Waals surface area contributed by atoms with Crippen molar-refractivity contribution < 1.29 is 14.7 Å². The Hall–Kier alpha value is -3.03. The predicted molar refractivity (Wildman–Crippen MR) is 111 cm³/mol. The number of hydrogen-bond acceptors (Lipinski definition) is 5. The number of anilines is 1. The van der Waals surface area contributed by atoms with Gasteiger partial charge in [-0.05, 0) is 36.4 Å². The molecule has 1 amide bonds. The SMILES string of the molecule is O=C(O)c1cccc(N2C(=O)C(=Cc3ccc4ccccc4n3)SC2=S)c1. The van der Waals surface area contributed by atoms with Gasteiger partial charge in [0.25, 0.3) is 5.91 Å². The average molecular weight is 392 g/mol. The summed E-state index contributed by atoms with van der Waals surface area (Å²) >= 11 is 6.51. The van der Waals surface area contributed by atoms with Crippen molar-refractivity contribution in [2.45, 2.75) is 0 Å². The Bertz CT molecular complexity index is 1140. The van der Waals surface area contributed by atoms with Crippen LogP contribution in [0, 0.1) is 0 Å². The molecule has 0 aliphatic carbocycles. The molecular weight excluding hydrogens is 380 g/mol. The molecule has 0 radical (unpaired) electrons. The Kier molecular flexibility index (Phi) is 4.47. The highest BCUT2D eigenvalue weighted by atomic mass is 32.2. The van der Waals surface area contributed by atoms with Crippen molar-refractivity contribution in [1.29, 1.82) is 0 Å². The van der Waals surface area contributed by atoms with E-state index < -0.39 is 5.97 Å². The van der Waals surface area contributed by atoms with Gasteiger partial charge in [-0.25, -0.2) is 9.78 Å². The van der Waals surface area contributed by atoms with E-state index in [0.717, 1.165) is 10.9 Å². The maximum absolute atomic E-state index is 12.8. The fraction of sp³-hybridized carbons (Fsp3) is 0. The number of benzene rings is 2. The summed E-state index contributed by atoms with van der Waals surface area (Å²) in [6, 6.07) is 17.7. The van der Waals surface area contributed by atoms with Crippen LogP contribution in [0.2, 0.25) is 0 Å². The van der Waals surface area contributed by atoms with Crippen molar-refractivity contribution in [3.8, 4) is 0 Å². The van der Waals surface area contributed by atoms with E-state index in [1.807, 2.05) is 36.4 Å². The number of hydrogen-bond donors (Lipinski definition) is 1. The van der Waals surface area contributed by atoms with Crippen molar-refractivity contribution in [3.05, 3.63) is 76.8 Å². The number of carbonyl (C=O) groups excluding carboxylic acids is 1. The van der Waals surface area contributed by atoms with Crippen LogP contribution in [-0.2, 0) is 4.79 Å². The maximum atomic E-state index is 12.8. The molecule has 0 spiro atoms. The van der Waals surface area contributed by atoms with Crippen molar-refractivity contribution in [2.75, 3.05) is 4.90 Å². The van der Waals surface area contributed by atoms with E-state index >= 15 is 0 Å². The van der Waals surface area contributed by atoms with E-state index in [1.54, 1.807) is 18.2 Å². The zero-order chi connectivity index (χ0) is 19.0. The number of nitrogens with zero attached hydrogens (tertiary/aromatic N) is 2. The number of rotatable bonds is 3. The van der Waals surface area contributed by atoms with E-state index in [4.69, 9.17) is 17.3 Å². The molecule has 0 saturated carbocycles. The van der Waals surface area contributed by atoms with Gasteiger partial charge in [-0.1, -0.05) is 54.3 Å². The first kappa shape index (κ1) is 17.4. The average Bonchev–Trinajstić information content (AvgIpc) is 2.95. The van der Waals surface area contributed by atoms with Gasteiger partial charge in [0.1, 0.15) is 0 Å². The van der Waals surface area contributed by atoms with Crippen LogP contribution >= 0.6 is 24.0 Å². The summed E-state index contributed by atoms with van der Waals surface area (Å²) in [4.78, 5) is 30.4. The first-order valence-corrected chi connectivity index (χ1v) is 9.22. The number of thioether (sulfide) groups is 1. The summed E-state index contributed by atoms with van der Waals surface area (Å²) < 4.78 is 0.356. The summed E-state index contributed by atoms with van der Waals surface area (Å²) in [5.74, 6) is -1.35. The molecule has 1 aromatic heterocycles. The molecule has 1 fully saturated rings. The Morgan fingerprint density at radius 1 is 1.11 bits per heavy atom. The molecule has 5 nitrogen and oxygen atoms in total. The van der Waals surface area contributed by atoms with Crippen molar-refractivity contribution in [3.63, 3.8) is 0 Å². The van der Waals surface area contributed by atoms with Crippen molar-refractivity contribution in [1.82, 2.24) is 4.98 Å². The number of fused-ring (bicyclic) bond motifs is 1. The summed E-state index contributed by atoms with van der Waals surface area (Å²) in [7, 11) is 0. The lowest BCUT2D eigenvalue weighted by atomic mass is 10.2. The molecule has 2 aromatic carbocycles. The van der Waals surface area contributed by atoms with E-state index in [0.29, 0.717) is 20.6 Å². The number of carboxylic acid groups (broad SMARTS) is 1. The molecule has 3 aromatic rings. The van der Waals surface area contributed by atoms with Crippen molar-refractivity contribution >= 4 is 62.8 Å². The summed E-state index contributed by atoms with van der Waals surface area (Å²) in [5.41, 5.74) is 2.04. The normalized spacial score (nSPS) is 15.7. The van der Waals surface area contributed by atoms with E-state index in [-0.39, 0.29) is 11.5 Å². The van der Waals surface area contributed by atoms with E-state index in [9.17, 15) is 9.59 Å². The summed E-state index contributed by atoms with van der Waals surface area (Å²) in [6.07, 6.45) is 1.70. The van der Waals surface area contributed by atoms with Gasteiger partial charge >= 0.3 is 5.97 Å². The molecule has 7 heteroatoms. The minimum atomic E-state index is -1.06. The van der Waals surface area contributed by atoms with Gasteiger partial charge in [-0.3, -0.25) is 9.69 Å². The maximum Gasteiger partial charge on any atom is 0.335 e. The van der Waals surface area contributed by atoms with Crippen LogP contribution in [0.25, 0.3) is 17.0 Å². The Morgan fingerprint density at radius 3 is 2.74 bits per heavy atom. The first-order valence-electron chi connectivity index (χ1n) is 8.00. The lowest BCUT2D eigenvalue weighted by Gasteiger charge is -2.14. The third-order valence-corrected chi connectivity index (χ3v) is 5.35. The monoisotopic (exact) mass is 392 g/mol. The zero-order valence-corrected chi connectivity index (χ0v) is 15.5. The number of para-hydroxylation sites is 1. The Labute approximate surface area is 164 Å². The largest absolute Gasteiger partial charge is 0.478 e. The number of carbonyl (C=O) groups is 2. The lowest BCUT2D eigenvalue weighted by Crippen LogP contribution is -2.27. The molecular formula is C20H12N2O3S2. The minimum absolute atomic E-state index is 0.0988. The van der Waals surface area contributed by atoms with Crippen molar-refractivity contribution in [2.24, 2.45) is 0 Å². The Balaban J connectivity index is 1.68. The number of aromatic carboxylic acids is 1. The highest BCUT2D eigenvalue weighted by molar-refractivity contribution is 8.27. The van der Waals surface area contributed by atoms with Crippen LogP contribution in [0.1, 0.15) is 16.1 Å². The molecule has 1 saturated heterocycles. The predicted octanol–water partition coefficient (Wildman–Crippen LogP) is 4.34. The molecule has 132 valence electrons. The van der Waals surface area contributed by atoms with Crippen LogP contribution in [0.4, 0.5) is 5.69 Å². The zero-order valence-electron chi connectivity index (χ0n) is 13.8. The molecule has 27 heavy (non-hydrogen) atoms. The van der Waals surface area contributed by atoms with Gasteiger partial charge in [-0.15, -0.1) is 0 Å². The van der Waals surface area contributed by atoms with Crippen LogP contribution < -0.4 is 4.90 Å². The van der Waals surface area contributed by atoms with Gasteiger partial charge < -0.3 is 5.11 Å². The molecule has 1 aliphatic rings. The smallest absolute Gasteiger partial charge is 0.335 e. The summed E-state index contributed by atoms with van der Waals surface area (Å²) in [6.45, 7) is 0. The topological polar surface area (TPSA) is 70.5 Å². The van der Waals surface area contributed by atoms with Crippen LogP contribution in [-0.4, -0.2) is 26.3 Å². The molecule has 4 rings (SSSR count). The van der Waals surface area contributed by atoms with Crippen LogP contribution in [0.15, 0.2) is 65.6 Å². The fourth-order valence-corrected chi connectivity index (χ4v) is 4.05. The Morgan fingerprint density at radius 2 is 1.93 bits per heavy atom. The molecule has 1 N–H and O–H groups in total. The standard InChI is InChI=1S/C20H12N2O3S2/c23-18-17(11-14-9-8-12-4-1-2-7-16(12)21-14)27-20(26)22(18)15-6-3-5-13(10-15)19(24)25/h1-11H,(H,24,25). The van der Waals surface area contributed by atoms with E-state index in [2.05, 4.69) is 4.98 Å². The first-order chi connectivity index (χ1) is 13.0. The minimum Gasteiger partial charge on any atom is -0.478 e. The van der Waals surface area contributed by atoms with Gasteiger partial charge in [0, 0.05) is 5.39 Å². The quantitative estimate of drug-likeness (QED) is 0.528. The molecule has 0 unspecified atom stereocenters. The highest BCUT2D eigenvalue weighted by Gasteiger charge is 2.33. The molecule has 0 bridgehead atoms. The number of amides is 1. The number of carboxylic acids is 1. The van der Waals surface area contributed by atoms with Gasteiger partial charge in [0.2, 0.25) is 0 Å². The van der Waals surface area contributed by atoms with Gasteiger partial charge in [0.05, 0.1) is 27.4 Å². The molecule has 1 aliphatic heterocycles. The highest BCUT2D eigenvalue weighted by Crippen LogP contribution is 2.36. The van der Waals surface area contributed by atoms with Crippen LogP contribution in [0.5, 0.6) is 0 Å². The second-order valence-electron chi connectivity index (χ2n) is 5.80.